The van der Waals surface area contributed by atoms with E-state index in [1.807, 2.05) is 24.4 Å². The average Bonchev–Trinajstić information content (AvgIpc) is 3.23. The molecule has 0 spiro atoms. The summed E-state index contributed by atoms with van der Waals surface area (Å²) in [4.78, 5) is 11.3. The van der Waals surface area contributed by atoms with E-state index in [0.29, 0.717) is 6.54 Å². The number of hydrogen-bond donors (Lipinski definition) is 2. The van der Waals surface area contributed by atoms with Crippen molar-refractivity contribution in [3.8, 4) is 11.3 Å². The molecule has 0 unspecified atom stereocenters. The third-order valence-corrected chi connectivity index (χ3v) is 4.54. The molecule has 0 amide bonds. The summed E-state index contributed by atoms with van der Waals surface area (Å²) in [5.41, 5.74) is 9.78. The van der Waals surface area contributed by atoms with Gasteiger partial charge in [0.2, 0.25) is 0 Å². The van der Waals surface area contributed by atoms with Crippen LogP contribution in [-0.4, -0.2) is 26.0 Å². The smallest absolute Gasteiger partial charge is 0.134 e. The summed E-state index contributed by atoms with van der Waals surface area (Å²) >= 11 is 1.71. The van der Waals surface area contributed by atoms with Crippen LogP contribution in [0.5, 0.6) is 0 Å². The van der Waals surface area contributed by atoms with Crippen LogP contribution in [0, 0.1) is 0 Å². The number of anilines is 2. The molecule has 0 fully saturated rings. The Morgan fingerprint density at radius 1 is 1.32 bits per heavy atom. The Morgan fingerprint density at radius 2 is 2.27 bits per heavy atom. The van der Waals surface area contributed by atoms with E-state index in [4.69, 9.17) is 10.7 Å². The number of fused-ring (bicyclic) bond motifs is 1. The molecule has 1 aliphatic rings. The molecule has 0 aromatic carbocycles. The second kappa shape index (κ2) is 5.43. The topological polar surface area (TPSA) is 83.7 Å². The summed E-state index contributed by atoms with van der Waals surface area (Å²) in [7, 11) is 0. The lowest BCUT2D eigenvalue weighted by atomic mass is 10.2. The minimum atomic E-state index is 0.515. The zero-order valence-corrected chi connectivity index (χ0v) is 12.5. The largest absolute Gasteiger partial charge is 0.326 e. The van der Waals surface area contributed by atoms with Crippen molar-refractivity contribution in [2.24, 2.45) is 5.73 Å². The summed E-state index contributed by atoms with van der Waals surface area (Å²) in [6.45, 7) is 0.515. The number of pyridine rings is 2. The van der Waals surface area contributed by atoms with Crippen molar-refractivity contribution in [2.45, 2.75) is 11.6 Å². The quantitative estimate of drug-likeness (QED) is 0.773. The molecule has 4 heterocycles. The minimum Gasteiger partial charge on any atom is -0.326 e. The van der Waals surface area contributed by atoms with Gasteiger partial charge in [-0.3, -0.25) is 5.10 Å². The number of nitrogens with two attached hydrogens (primary N) is 1. The van der Waals surface area contributed by atoms with E-state index in [9.17, 15) is 0 Å². The van der Waals surface area contributed by atoms with Crippen LogP contribution in [-0.2, 0) is 6.54 Å². The van der Waals surface area contributed by atoms with Crippen LogP contribution in [0.1, 0.15) is 5.56 Å². The fourth-order valence-electron chi connectivity index (χ4n) is 2.42. The van der Waals surface area contributed by atoms with E-state index in [0.717, 1.165) is 39.2 Å². The average molecular weight is 310 g/mol. The summed E-state index contributed by atoms with van der Waals surface area (Å²) in [6, 6.07) is 8.06. The molecule has 0 radical (unpaired) electrons. The first-order chi connectivity index (χ1) is 10.8. The summed E-state index contributed by atoms with van der Waals surface area (Å²) < 4.78 is 0. The molecule has 3 aromatic rings. The van der Waals surface area contributed by atoms with Crippen LogP contribution in [0.4, 0.5) is 11.5 Å². The Kier molecular flexibility index (Phi) is 3.28. The molecule has 0 aliphatic carbocycles. The van der Waals surface area contributed by atoms with E-state index in [1.165, 1.54) is 0 Å². The first-order valence-corrected chi connectivity index (χ1v) is 7.89. The van der Waals surface area contributed by atoms with Crippen molar-refractivity contribution in [1.82, 2.24) is 20.2 Å². The zero-order valence-electron chi connectivity index (χ0n) is 11.7. The first kappa shape index (κ1) is 13.3. The highest BCUT2D eigenvalue weighted by atomic mass is 32.2. The van der Waals surface area contributed by atoms with Crippen LogP contribution < -0.4 is 10.6 Å². The van der Waals surface area contributed by atoms with E-state index in [1.54, 1.807) is 24.2 Å². The van der Waals surface area contributed by atoms with Crippen molar-refractivity contribution >= 4 is 23.3 Å². The molecule has 6 nitrogen and oxygen atoms in total. The van der Waals surface area contributed by atoms with E-state index < -0.39 is 0 Å². The number of thioether (sulfide) groups is 1. The Balaban J connectivity index is 1.70. The molecule has 0 bridgehead atoms. The molecular weight excluding hydrogens is 296 g/mol. The van der Waals surface area contributed by atoms with Crippen LogP contribution in [0.3, 0.4) is 0 Å². The van der Waals surface area contributed by atoms with Crippen molar-refractivity contribution in [1.29, 1.82) is 0 Å². The number of nitrogens with one attached hydrogen (secondary N) is 1. The molecule has 4 rings (SSSR count). The second-order valence-corrected chi connectivity index (χ2v) is 5.87. The van der Waals surface area contributed by atoms with Gasteiger partial charge in [-0.2, -0.15) is 5.10 Å². The fraction of sp³-hybridized carbons (Fsp3) is 0.133. The van der Waals surface area contributed by atoms with Crippen molar-refractivity contribution in [3.05, 3.63) is 48.4 Å². The fourth-order valence-corrected chi connectivity index (χ4v) is 3.43. The normalized spacial score (nSPS) is 13.4. The third kappa shape index (κ3) is 2.24. The summed E-state index contributed by atoms with van der Waals surface area (Å²) in [5, 5.41) is 7.80. The van der Waals surface area contributed by atoms with Gasteiger partial charge in [-0.05, 0) is 29.8 Å². The van der Waals surface area contributed by atoms with Gasteiger partial charge in [0.15, 0.2) is 0 Å². The summed E-state index contributed by atoms with van der Waals surface area (Å²) in [6.07, 6.45) is 5.42. The molecular formula is C15H14N6S. The number of rotatable bonds is 3. The zero-order chi connectivity index (χ0) is 14.9. The predicted molar refractivity (Wildman–Crippen MR) is 86.8 cm³/mol. The van der Waals surface area contributed by atoms with Crippen molar-refractivity contribution < 1.29 is 0 Å². The van der Waals surface area contributed by atoms with E-state index in [-0.39, 0.29) is 0 Å². The predicted octanol–water partition coefficient (Wildman–Crippen LogP) is 2.53. The number of aromatic nitrogens is 4. The lowest BCUT2D eigenvalue weighted by molar-refractivity contribution is 1.03. The Hall–Kier alpha value is -2.38. The van der Waals surface area contributed by atoms with Crippen LogP contribution in [0.15, 0.2) is 47.9 Å². The monoisotopic (exact) mass is 310 g/mol. The minimum absolute atomic E-state index is 0.515. The Labute approximate surface area is 131 Å². The van der Waals surface area contributed by atoms with Gasteiger partial charge in [0, 0.05) is 24.5 Å². The van der Waals surface area contributed by atoms with Gasteiger partial charge < -0.3 is 10.6 Å². The van der Waals surface area contributed by atoms with Crippen LogP contribution >= 0.6 is 11.8 Å². The van der Waals surface area contributed by atoms with Gasteiger partial charge in [-0.25, -0.2) is 9.97 Å². The van der Waals surface area contributed by atoms with Crippen molar-refractivity contribution in [3.63, 3.8) is 0 Å². The lowest BCUT2D eigenvalue weighted by Gasteiger charge is -2.17. The number of H-pyrrole nitrogens is 1. The number of aromatic amines is 1. The van der Waals surface area contributed by atoms with Gasteiger partial charge in [-0.1, -0.05) is 11.8 Å². The Morgan fingerprint density at radius 3 is 3.09 bits per heavy atom. The first-order valence-electron chi connectivity index (χ1n) is 6.90. The third-order valence-electron chi connectivity index (χ3n) is 3.58. The number of nitrogens with zero attached hydrogens (tertiary/aromatic N) is 4. The SMILES string of the molecule is NCc1ccnc(N2CSc3nc(-c4cn[nH]c4)ccc32)c1. The van der Waals surface area contributed by atoms with Crippen LogP contribution in [0.2, 0.25) is 0 Å². The van der Waals surface area contributed by atoms with Gasteiger partial charge in [0.25, 0.3) is 0 Å². The molecule has 0 saturated heterocycles. The molecule has 0 atom stereocenters. The molecule has 110 valence electrons. The maximum atomic E-state index is 5.71. The maximum absolute atomic E-state index is 5.71. The van der Waals surface area contributed by atoms with Gasteiger partial charge in [0.1, 0.15) is 10.8 Å². The number of hydrogen-bond acceptors (Lipinski definition) is 6. The molecule has 3 aromatic heterocycles. The summed E-state index contributed by atoms with van der Waals surface area (Å²) in [5.74, 6) is 1.71. The highest BCUT2D eigenvalue weighted by molar-refractivity contribution is 7.99. The molecule has 7 heteroatoms. The maximum Gasteiger partial charge on any atom is 0.134 e. The molecule has 3 N–H and O–H groups in total. The standard InChI is InChI=1S/C15H14N6S/c16-6-10-3-4-17-14(5-10)21-9-22-15-13(21)2-1-12(20-15)11-7-18-19-8-11/h1-5,7-8H,6,9,16H2,(H,18,19). The van der Waals surface area contributed by atoms with Crippen molar-refractivity contribution in [2.75, 3.05) is 10.8 Å². The Bertz CT molecular complexity index is 802. The van der Waals surface area contributed by atoms with Gasteiger partial charge >= 0.3 is 0 Å². The highest BCUT2D eigenvalue weighted by Gasteiger charge is 2.24. The highest BCUT2D eigenvalue weighted by Crippen LogP contribution is 2.41. The van der Waals surface area contributed by atoms with E-state index in [2.05, 4.69) is 26.1 Å². The molecule has 22 heavy (non-hydrogen) atoms. The van der Waals surface area contributed by atoms with Gasteiger partial charge in [0.05, 0.1) is 23.5 Å². The lowest BCUT2D eigenvalue weighted by Crippen LogP contribution is -2.13. The second-order valence-electron chi connectivity index (χ2n) is 4.94. The van der Waals surface area contributed by atoms with Crippen LogP contribution in [0.25, 0.3) is 11.3 Å². The molecule has 0 saturated carbocycles. The van der Waals surface area contributed by atoms with Gasteiger partial charge in [-0.15, -0.1) is 0 Å². The molecule has 1 aliphatic heterocycles. The van der Waals surface area contributed by atoms with E-state index >= 15 is 0 Å².